The quantitative estimate of drug-likeness (QED) is 0.799. The van der Waals surface area contributed by atoms with Gasteiger partial charge in [0.15, 0.2) is 0 Å². The molecule has 3 nitrogen and oxygen atoms in total. The molecule has 0 spiro atoms. The standard InChI is InChI=1S/C16H22ClNO2/c1-12(17)16(19)18-9-7-14(8-10-18)11-13-3-5-15(20-2)6-4-13/h3-6,12,14H,7-11H2,1-2H3. The number of hydrogen-bond acceptors (Lipinski definition) is 2. The van der Waals surface area contributed by atoms with E-state index in [9.17, 15) is 4.79 Å². The van der Waals surface area contributed by atoms with Crippen LogP contribution in [0.4, 0.5) is 0 Å². The summed E-state index contributed by atoms with van der Waals surface area (Å²) in [6.45, 7) is 3.40. The molecule has 2 rings (SSSR count). The molecule has 1 saturated heterocycles. The van der Waals surface area contributed by atoms with Gasteiger partial charge in [-0.3, -0.25) is 4.79 Å². The fraction of sp³-hybridized carbons (Fsp3) is 0.562. The van der Waals surface area contributed by atoms with Gasteiger partial charge in [0.25, 0.3) is 0 Å². The van der Waals surface area contributed by atoms with Crippen molar-refractivity contribution in [3.8, 4) is 5.75 Å². The Morgan fingerprint density at radius 3 is 2.45 bits per heavy atom. The Morgan fingerprint density at radius 1 is 1.35 bits per heavy atom. The average molecular weight is 296 g/mol. The van der Waals surface area contributed by atoms with Gasteiger partial charge in [-0.15, -0.1) is 11.6 Å². The molecule has 1 atom stereocenters. The van der Waals surface area contributed by atoms with Crippen molar-refractivity contribution in [3.05, 3.63) is 29.8 Å². The van der Waals surface area contributed by atoms with Crippen LogP contribution < -0.4 is 4.74 Å². The molecule has 0 aromatic heterocycles. The van der Waals surface area contributed by atoms with Crippen LogP contribution in [0.15, 0.2) is 24.3 Å². The van der Waals surface area contributed by atoms with Gasteiger partial charge in [0.05, 0.1) is 7.11 Å². The number of piperidine rings is 1. The molecule has 110 valence electrons. The number of carbonyl (C=O) groups excluding carboxylic acids is 1. The number of methoxy groups -OCH3 is 1. The third kappa shape index (κ3) is 3.89. The molecule has 0 saturated carbocycles. The van der Waals surface area contributed by atoms with Gasteiger partial charge < -0.3 is 9.64 Å². The van der Waals surface area contributed by atoms with Gasteiger partial charge in [0.1, 0.15) is 11.1 Å². The van der Waals surface area contributed by atoms with E-state index in [0.717, 1.165) is 38.1 Å². The number of alkyl halides is 1. The first-order valence-electron chi connectivity index (χ1n) is 7.16. The highest BCUT2D eigenvalue weighted by molar-refractivity contribution is 6.30. The summed E-state index contributed by atoms with van der Waals surface area (Å²) in [7, 11) is 1.68. The Bertz CT molecular complexity index is 436. The topological polar surface area (TPSA) is 29.5 Å². The summed E-state index contributed by atoms with van der Waals surface area (Å²) in [5, 5.41) is -0.409. The van der Waals surface area contributed by atoms with Crippen LogP contribution >= 0.6 is 11.6 Å². The second-order valence-corrected chi connectivity index (χ2v) is 6.09. The highest BCUT2D eigenvalue weighted by Gasteiger charge is 2.24. The maximum absolute atomic E-state index is 11.8. The molecule has 1 aliphatic heterocycles. The molecule has 0 bridgehead atoms. The molecule has 1 fully saturated rings. The maximum Gasteiger partial charge on any atom is 0.240 e. The van der Waals surface area contributed by atoms with Gasteiger partial charge in [0, 0.05) is 13.1 Å². The summed E-state index contributed by atoms with van der Waals surface area (Å²) >= 11 is 5.85. The number of nitrogens with zero attached hydrogens (tertiary/aromatic N) is 1. The second-order valence-electron chi connectivity index (χ2n) is 5.44. The third-order valence-corrected chi connectivity index (χ3v) is 4.14. The molecule has 1 aromatic carbocycles. The Balaban J connectivity index is 1.83. The van der Waals surface area contributed by atoms with E-state index >= 15 is 0 Å². The molecule has 20 heavy (non-hydrogen) atoms. The summed E-state index contributed by atoms with van der Waals surface area (Å²) < 4.78 is 5.17. The van der Waals surface area contributed by atoms with Gasteiger partial charge in [-0.2, -0.15) is 0 Å². The second kappa shape index (κ2) is 6.98. The van der Waals surface area contributed by atoms with Gasteiger partial charge in [-0.1, -0.05) is 12.1 Å². The fourth-order valence-electron chi connectivity index (χ4n) is 2.70. The van der Waals surface area contributed by atoms with Crippen LogP contribution in [-0.4, -0.2) is 36.4 Å². The highest BCUT2D eigenvalue weighted by atomic mass is 35.5. The van der Waals surface area contributed by atoms with Crippen LogP contribution in [-0.2, 0) is 11.2 Å². The lowest BCUT2D eigenvalue weighted by atomic mass is 9.90. The number of rotatable bonds is 4. The zero-order valence-corrected chi connectivity index (χ0v) is 12.9. The number of likely N-dealkylation sites (tertiary alicyclic amines) is 1. The first-order chi connectivity index (χ1) is 9.60. The lowest BCUT2D eigenvalue weighted by molar-refractivity contribution is -0.131. The van der Waals surface area contributed by atoms with Crippen LogP contribution in [0.2, 0.25) is 0 Å². The Hall–Kier alpha value is -1.22. The van der Waals surface area contributed by atoms with Crippen LogP contribution in [0.5, 0.6) is 5.75 Å². The molecular formula is C16H22ClNO2. The number of carbonyl (C=O) groups is 1. The molecule has 1 unspecified atom stereocenters. The van der Waals surface area contributed by atoms with Crippen molar-refractivity contribution in [1.29, 1.82) is 0 Å². The van der Waals surface area contributed by atoms with Crippen molar-refractivity contribution in [1.82, 2.24) is 4.90 Å². The number of amides is 1. The Labute approximate surface area is 125 Å². The molecule has 1 aliphatic rings. The van der Waals surface area contributed by atoms with Crippen molar-refractivity contribution in [3.63, 3.8) is 0 Å². The van der Waals surface area contributed by atoms with Crippen molar-refractivity contribution >= 4 is 17.5 Å². The maximum atomic E-state index is 11.8. The zero-order chi connectivity index (χ0) is 14.5. The summed E-state index contributed by atoms with van der Waals surface area (Å²) in [4.78, 5) is 13.7. The summed E-state index contributed by atoms with van der Waals surface area (Å²) in [5.74, 6) is 1.61. The summed E-state index contributed by atoms with van der Waals surface area (Å²) in [5.41, 5.74) is 1.33. The van der Waals surface area contributed by atoms with Gasteiger partial charge in [-0.25, -0.2) is 0 Å². The van der Waals surface area contributed by atoms with E-state index in [1.165, 1.54) is 5.56 Å². The van der Waals surface area contributed by atoms with Crippen LogP contribution in [0.3, 0.4) is 0 Å². The van der Waals surface area contributed by atoms with Crippen LogP contribution in [0.25, 0.3) is 0 Å². The summed E-state index contributed by atoms with van der Waals surface area (Å²) in [6, 6.07) is 8.25. The molecule has 0 radical (unpaired) electrons. The van der Waals surface area contributed by atoms with E-state index < -0.39 is 5.38 Å². The van der Waals surface area contributed by atoms with E-state index in [1.54, 1.807) is 14.0 Å². The zero-order valence-electron chi connectivity index (χ0n) is 12.1. The molecule has 1 aromatic rings. The van der Waals surface area contributed by atoms with Crippen LogP contribution in [0, 0.1) is 5.92 Å². The van der Waals surface area contributed by atoms with E-state index in [0.29, 0.717) is 5.92 Å². The number of halogens is 1. The SMILES string of the molecule is COc1ccc(CC2CCN(C(=O)C(C)Cl)CC2)cc1. The van der Waals surface area contributed by atoms with E-state index in [-0.39, 0.29) is 5.91 Å². The number of hydrogen-bond donors (Lipinski definition) is 0. The molecule has 4 heteroatoms. The fourth-order valence-corrected chi connectivity index (χ4v) is 2.84. The molecule has 1 heterocycles. The Kier molecular flexibility index (Phi) is 5.30. The average Bonchev–Trinajstić information content (AvgIpc) is 2.48. The lowest BCUT2D eigenvalue weighted by Gasteiger charge is -2.32. The first-order valence-corrected chi connectivity index (χ1v) is 7.59. The minimum Gasteiger partial charge on any atom is -0.497 e. The third-order valence-electron chi connectivity index (χ3n) is 3.95. The van der Waals surface area contributed by atoms with E-state index in [4.69, 9.17) is 16.3 Å². The predicted molar refractivity (Wildman–Crippen MR) is 81.3 cm³/mol. The monoisotopic (exact) mass is 295 g/mol. The highest BCUT2D eigenvalue weighted by Crippen LogP contribution is 2.23. The van der Waals surface area contributed by atoms with Crippen molar-refractivity contribution in [2.24, 2.45) is 5.92 Å². The van der Waals surface area contributed by atoms with Crippen molar-refractivity contribution in [2.75, 3.05) is 20.2 Å². The Morgan fingerprint density at radius 2 is 1.95 bits per heavy atom. The van der Waals surface area contributed by atoms with E-state index in [2.05, 4.69) is 12.1 Å². The normalized spacial score (nSPS) is 17.9. The molecule has 0 aliphatic carbocycles. The molecular weight excluding hydrogens is 274 g/mol. The number of ether oxygens (including phenoxy) is 1. The first kappa shape index (κ1) is 15.2. The van der Waals surface area contributed by atoms with E-state index in [1.807, 2.05) is 17.0 Å². The summed E-state index contributed by atoms with van der Waals surface area (Å²) in [6.07, 6.45) is 3.19. The molecule has 1 amide bonds. The predicted octanol–water partition coefficient (Wildman–Crippen LogP) is 3.10. The van der Waals surface area contributed by atoms with Crippen LogP contribution in [0.1, 0.15) is 25.3 Å². The number of benzene rings is 1. The lowest BCUT2D eigenvalue weighted by Crippen LogP contribution is -2.41. The smallest absolute Gasteiger partial charge is 0.240 e. The van der Waals surface area contributed by atoms with Crippen molar-refractivity contribution in [2.45, 2.75) is 31.6 Å². The van der Waals surface area contributed by atoms with Gasteiger partial charge >= 0.3 is 0 Å². The minimum absolute atomic E-state index is 0.0644. The van der Waals surface area contributed by atoms with Gasteiger partial charge in [-0.05, 0) is 49.8 Å². The van der Waals surface area contributed by atoms with Gasteiger partial charge in [0.2, 0.25) is 5.91 Å². The largest absolute Gasteiger partial charge is 0.497 e. The van der Waals surface area contributed by atoms with Crippen molar-refractivity contribution < 1.29 is 9.53 Å². The molecule has 0 N–H and O–H groups in total. The minimum atomic E-state index is -0.409.